The summed E-state index contributed by atoms with van der Waals surface area (Å²) in [5, 5.41) is 6.29. The Morgan fingerprint density at radius 3 is 2.85 bits per heavy atom. The Morgan fingerprint density at radius 1 is 1.31 bits per heavy atom. The van der Waals surface area contributed by atoms with Crippen LogP contribution in [0, 0.1) is 17.8 Å². The van der Waals surface area contributed by atoms with Gasteiger partial charge in [0.1, 0.15) is 11.5 Å². The summed E-state index contributed by atoms with van der Waals surface area (Å²) in [4.78, 5) is 25.3. The molecule has 4 aliphatic carbocycles. The molecule has 0 aromatic heterocycles. The zero-order chi connectivity index (χ0) is 17.9. The van der Waals surface area contributed by atoms with Crippen molar-refractivity contribution in [3.63, 3.8) is 0 Å². The van der Waals surface area contributed by atoms with E-state index in [2.05, 4.69) is 10.6 Å². The van der Waals surface area contributed by atoms with Crippen molar-refractivity contribution >= 4 is 11.8 Å². The molecule has 0 radical (unpaired) electrons. The fraction of sp³-hybridized carbons (Fsp3) is 0.600. The van der Waals surface area contributed by atoms with Crippen LogP contribution in [0.4, 0.5) is 0 Å². The molecular formula is C20H24N2O4. The second kappa shape index (κ2) is 5.63. The van der Waals surface area contributed by atoms with Crippen LogP contribution < -0.4 is 20.1 Å². The van der Waals surface area contributed by atoms with E-state index in [4.69, 9.17) is 9.47 Å². The predicted molar refractivity (Wildman–Crippen MR) is 93.9 cm³/mol. The van der Waals surface area contributed by atoms with E-state index in [9.17, 15) is 9.59 Å². The van der Waals surface area contributed by atoms with Crippen LogP contribution in [0.15, 0.2) is 18.2 Å². The number of hydrogen-bond donors (Lipinski definition) is 2. The number of benzene rings is 1. The molecule has 6 rings (SSSR count). The van der Waals surface area contributed by atoms with Crippen LogP contribution in [-0.2, 0) is 4.79 Å². The molecule has 4 saturated carbocycles. The molecule has 2 bridgehead atoms. The smallest absolute Gasteiger partial charge is 0.258 e. The SMILES string of the molecule is COc1ccc2c(c1)O[C@@]1(C[C@@H]3CC[C@@H]1C[C@@H]3C(=O)NC1CC1)NC2=O. The van der Waals surface area contributed by atoms with Crippen molar-refractivity contribution in [3.05, 3.63) is 23.8 Å². The Kier molecular flexibility index (Phi) is 3.46. The van der Waals surface area contributed by atoms with Crippen molar-refractivity contribution in [2.45, 2.75) is 50.3 Å². The van der Waals surface area contributed by atoms with Crippen LogP contribution in [0.5, 0.6) is 11.5 Å². The molecule has 2 N–H and O–H groups in total. The van der Waals surface area contributed by atoms with E-state index in [1.165, 1.54) is 0 Å². The van der Waals surface area contributed by atoms with Gasteiger partial charge in [-0.15, -0.1) is 0 Å². The topological polar surface area (TPSA) is 76.7 Å². The third-order valence-corrected chi connectivity index (χ3v) is 6.53. The number of carbonyl (C=O) groups is 2. The molecule has 4 atom stereocenters. The normalized spacial score (nSPS) is 34.7. The fourth-order valence-electron chi connectivity index (χ4n) is 4.98. The lowest BCUT2D eigenvalue weighted by Crippen LogP contribution is -2.67. The van der Waals surface area contributed by atoms with Crippen molar-refractivity contribution in [2.24, 2.45) is 17.8 Å². The van der Waals surface area contributed by atoms with Gasteiger partial charge in [-0.05, 0) is 50.2 Å². The maximum Gasteiger partial charge on any atom is 0.258 e. The average Bonchev–Trinajstić information content (AvgIpc) is 3.45. The summed E-state index contributed by atoms with van der Waals surface area (Å²) in [5.74, 6) is 1.82. The molecule has 6 heteroatoms. The van der Waals surface area contributed by atoms with Gasteiger partial charge in [0, 0.05) is 30.4 Å². The molecule has 1 aromatic rings. The Balaban J connectivity index is 1.40. The minimum absolute atomic E-state index is 0.0483. The van der Waals surface area contributed by atoms with Gasteiger partial charge < -0.3 is 20.1 Å². The van der Waals surface area contributed by atoms with Crippen LogP contribution in [0.25, 0.3) is 0 Å². The third kappa shape index (κ3) is 2.46. The van der Waals surface area contributed by atoms with Gasteiger partial charge in [0.15, 0.2) is 5.72 Å². The van der Waals surface area contributed by atoms with E-state index in [1.54, 1.807) is 25.3 Å². The second-order valence-corrected chi connectivity index (χ2v) is 8.17. The van der Waals surface area contributed by atoms with Crippen molar-refractivity contribution in [2.75, 3.05) is 7.11 Å². The lowest BCUT2D eigenvalue weighted by Gasteiger charge is -2.55. The lowest BCUT2D eigenvalue weighted by atomic mass is 9.60. The molecule has 6 nitrogen and oxygen atoms in total. The Morgan fingerprint density at radius 2 is 2.15 bits per heavy atom. The maximum atomic E-state index is 12.7. The van der Waals surface area contributed by atoms with Crippen LogP contribution >= 0.6 is 0 Å². The minimum atomic E-state index is -0.685. The fourth-order valence-corrected chi connectivity index (χ4v) is 4.98. The van der Waals surface area contributed by atoms with Crippen LogP contribution in [0.2, 0.25) is 0 Å². The highest BCUT2D eigenvalue weighted by atomic mass is 16.5. The molecule has 138 valence electrons. The first-order valence-corrected chi connectivity index (χ1v) is 9.58. The number of rotatable bonds is 3. The first-order valence-electron chi connectivity index (χ1n) is 9.58. The largest absolute Gasteiger partial charge is 0.497 e. The molecule has 1 spiro atoms. The van der Waals surface area contributed by atoms with Gasteiger partial charge in [-0.2, -0.15) is 0 Å². The lowest BCUT2D eigenvalue weighted by molar-refractivity contribution is -0.146. The van der Waals surface area contributed by atoms with Gasteiger partial charge in [-0.3, -0.25) is 9.59 Å². The summed E-state index contributed by atoms with van der Waals surface area (Å²) in [5.41, 5.74) is -0.142. The zero-order valence-electron chi connectivity index (χ0n) is 14.9. The van der Waals surface area contributed by atoms with E-state index in [0.717, 1.165) is 32.1 Å². The van der Waals surface area contributed by atoms with E-state index >= 15 is 0 Å². The molecule has 1 heterocycles. The third-order valence-electron chi connectivity index (χ3n) is 6.53. The van der Waals surface area contributed by atoms with E-state index in [1.807, 2.05) is 0 Å². The summed E-state index contributed by atoms with van der Waals surface area (Å²) < 4.78 is 11.7. The molecule has 0 saturated heterocycles. The summed E-state index contributed by atoms with van der Waals surface area (Å²) in [6.45, 7) is 0. The predicted octanol–water partition coefficient (Wildman–Crippen LogP) is 2.23. The molecule has 1 aliphatic heterocycles. The maximum absolute atomic E-state index is 12.7. The van der Waals surface area contributed by atoms with Gasteiger partial charge in [0.25, 0.3) is 5.91 Å². The number of carbonyl (C=O) groups excluding carboxylic acids is 2. The number of amides is 2. The number of fused-ring (bicyclic) bond motifs is 3. The van der Waals surface area contributed by atoms with Crippen molar-refractivity contribution in [1.82, 2.24) is 10.6 Å². The quantitative estimate of drug-likeness (QED) is 0.871. The number of ether oxygens (including phenoxy) is 2. The molecule has 26 heavy (non-hydrogen) atoms. The van der Waals surface area contributed by atoms with Crippen molar-refractivity contribution < 1.29 is 19.1 Å². The zero-order valence-corrected chi connectivity index (χ0v) is 14.9. The van der Waals surface area contributed by atoms with E-state index in [0.29, 0.717) is 29.5 Å². The van der Waals surface area contributed by atoms with Crippen LogP contribution in [0.1, 0.15) is 48.9 Å². The van der Waals surface area contributed by atoms with E-state index < -0.39 is 5.72 Å². The molecule has 1 aromatic carbocycles. The summed E-state index contributed by atoms with van der Waals surface area (Å²) in [7, 11) is 1.60. The Hall–Kier alpha value is -2.24. The highest BCUT2D eigenvalue weighted by molar-refractivity contribution is 5.98. The highest BCUT2D eigenvalue weighted by Crippen LogP contribution is 2.52. The molecule has 2 amide bonds. The summed E-state index contributed by atoms with van der Waals surface area (Å²) in [6, 6.07) is 5.69. The highest BCUT2D eigenvalue weighted by Gasteiger charge is 2.57. The minimum Gasteiger partial charge on any atom is -0.497 e. The summed E-state index contributed by atoms with van der Waals surface area (Å²) in [6.07, 6.45) is 5.70. The first kappa shape index (κ1) is 16.0. The molecule has 5 aliphatic rings. The average molecular weight is 356 g/mol. The van der Waals surface area contributed by atoms with Gasteiger partial charge in [0.2, 0.25) is 5.91 Å². The van der Waals surface area contributed by atoms with Gasteiger partial charge >= 0.3 is 0 Å². The van der Waals surface area contributed by atoms with Gasteiger partial charge in [0.05, 0.1) is 12.7 Å². The summed E-state index contributed by atoms with van der Waals surface area (Å²) >= 11 is 0. The Bertz CT molecular complexity index is 775. The van der Waals surface area contributed by atoms with E-state index in [-0.39, 0.29) is 29.6 Å². The second-order valence-electron chi connectivity index (χ2n) is 8.17. The van der Waals surface area contributed by atoms with Crippen LogP contribution in [-0.4, -0.2) is 30.7 Å². The molecule has 0 unspecified atom stereocenters. The van der Waals surface area contributed by atoms with Crippen molar-refractivity contribution in [3.8, 4) is 11.5 Å². The van der Waals surface area contributed by atoms with Gasteiger partial charge in [-0.25, -0.2) is 0 Å². The standard InChI is InChI=1S/C20H24N2O4/c1-25-14-6-7-15-17(9-14)26-20(22-19(15)24)10-11-2-3-12(20)8-16(11)18(23)21-13-4-5-13/h6-7,9,11-13,16H,2-5,8,10H2,1H3,(H,21,23)(H,22,24)/t11-,12+,16-,20+/m0/s1. The monoisotopic (exact) mass is 356 g/mol. The number of hydrogen-bond acceptors (Lipinski definition) is 4. The number of methoxy groups -OCH3 is 1. The Labute approximate surface area is 152 Å². The molecular weight excluding hydrogens is 332 g/mol. The molecule has 4 fully saturated rings. The van der Waals surface area contributed by atoms with Gasteiger partial charge in [-0.1, -0.05) is 0 Å². The van der Waals surface area contributed by atoms with Crippen molar-refractivity contribution in [1.29, 1.82) is 0 Å². The number of nitrogens with one attached hydrogen (secondary N) is 2. The van der Waals surface area contributed by atoms with Crippen LogP contribution in [0.3, 0.4) is 0 Å². The first-order chi connectivity index (χ1) is 12.6.